The third-order valence-electron chi connectivity index (χ3n) is 2.54. The van der Waals surface area contributed by atoms with Crippen LogP contribution in [0.2, 0.25) is 0 Å². The first kappa shape index (κ1) is 10.0. The van der Waals surface area contributed by atoms with Crippen LogP contribution in [-0.4, -0.2) is 4.57 Å². The third kappa shape index (κ3) is 2.00. The second-order valence-electron chi connectivity index (χ2n) is 3.41. The quantitative estimate of drug-likeness (QED) is 0.626. The van der Waals surface area contributed by atoms with Crippen molar-refractivity contribution < 1.29 is 4.57 Å². The molecule has 0 bridgehead atoms. The van der Waals surface area contributed by atoms with Gasteiger partial charge in [-0.3, -0.25) is 0 Å². The van der Waals surface area contributed by atoms with Crippen LogP contribution in [0.3, 0.4) is 0 Å². The van der Waals surface area contributed by atoms with Crippen LogP contribution in [0.5, 0.6) is 0 Å². The van der Waals surface area contributed by atoms with Crippen LogP contribution in [0.1, 0.15) is 31.3 Å². The van der Waals surface area contributed by atoms with Crippen molar-refractivity contribution in [1.29, 1.82) is 0 Å². The molecule has 1 aromatic heterocycles. The van der Waals surface area contributed by atoms with E-state index in [1.54, 1.807) is 0 Å². The molecule has 0 aliphatic heterocycles. The van der Waals surface area contributed by atoms with Crippen molar-refractivity contribution >= 4 is 6.08 Å². The zero-order valence-corrected chi connectivity index (χ0v) is 8.88. The van der Waals surface area contributed by atoms with E-state index in [1.165, 1.54) is 24.4 Å². The van der Waals surface area contributed by atoms with Gasteiger partial charge in [0.05, 0.1) is 13.6 Å². The van der Waals surface area contributed by atoms with Crippen LogP contribution in [0.25, 0.3) is 6.08 Å². The normalized spacial score (nSPS) is 10.4. The fourth-order valence-corrected chi connectivity index (χ4v) is 1.46. The van der Waals surface area contributed by atoms with Crippen LogP contribution in [-0.2, 0) is 13.6 Å². The van der Waals surface area contributed by atoms with E-state index >= 15 is 0 Å². The minimum Gasteiger partial charge on any atom is -0.234 e. The Morgan fingerprint density at radius 1 is 1.62 bits per heavy atom. The summed E-state index contributed by atoms with van der Waals surface area (Å²) >= 11 is 0. The first-order valence-electron chi connectivity index (χ1n) is 4.89. The molecule has 1 aromatic rings. The highest BCUT2D eigenvalue weighted by atomic mass is 15.1. The Kier molecular flexibility index (Phi) is 3.29. The smallest absolute Gasteiger partial charge is 0.234 e. The van der Waals surface area contributed by atoms with Gasteiger partial charge in [-0.25, -0.2) is 9.13 Å². The molecule has 0 saturated carbocycles. The van der Waals surface area contributed by atoms with E-state index in [9.17, 15) is 0 Å². The topological polar surface area (TPSA) is 8.81 Å². The monoisotopic (exact) mass is 179 g/mol. The Balaban J connectivity index is 2.89. The van der Waals surface area contributed by atoms with Gasteiger partial charge in [0.1, 0.15) is 6.20 Å². The molecule has 0 unspecified atom stereocenters. The summed E-state index contributed by atoms with van der Waals surface area (Å²) < 4.78 is 4.46. The van der Waals surface area contributed by atoms with E-state index < -0.39 is 0 Å². The number of unbranched alkanes of at least 4 members (excludes halogenated alkanes) is 1. The molecule has 0 fully saturated rings. The van der Waals surface area contributed by atoms with Gasteiger partial charge in [0.2, 0.25) is 0 Å². The fraction of sp³-hybridized carbons (Fsp3) is 0.545. The van der Waals surface area contributed by atoms with Crippen molar-refractivity contribution in [3.63, 3.8) is 0 Å². The second kappa shape index (κ2) is 4.26. The maximum atomic E-state index is 3.79. The molecule has 0 atom stereocenters. The Morgan fingerprint density at radius 2 is 2.31 bits per heavy atom. The summed E-state index contributed by atoms with van der Waals surface area (Å²) in [6, 6.07) is 0. The number of rotatable bonds is 4. The van der Waals surface area contributed by atoms with E-state index in [0.717, 1.165) is 6.54 Å². The SMILES string of the molecule is C=Cc1c[n+](CCCC)c(C)n1C. The lowest BCUT2D eigenvalue weighted by Crippen LogP contribution is -2.35. The predicted octanol–water partition coefficient (Wildman–Crippen LogP) is 2.06. The van der Waals surface area contributed by atoms with Crippen LogP contribution >= 0.6 is 0 Å². The molecule has 72 valence electrons. The maximum absolute atomic E-state index is 3.79. The van der Waals surface area contributed by atoms with Crippen LogP contribution in [0.15, 0.2) is 12.8 Å². The lowest BCUT2D eigenvalue weighted by Gasteiger charge is -1.95. The van der Waals surface area contributed by atoms with Gasteiger partial charge in [0.25, 0.3) is 5.82 Å². The van der Waals surface area contributed by atoms with Gasteiger partial charge in [-0.15, -0.1) is 0 Å². The largest absolute Gasteiger partial charge is 0.253 e. The van der Waals surface area contributed by atoms with Crippen molar-refractivity contribution in [1.82, 2.24) is 4.57 Å². The van der Waals surface area contributed by atoms with Gasteiger partial charge in [-0.05, 0) is 12.5 Å². The highest BCUT2D eigenvalue weighted by Gasteiger charge is 2.12. The lowest BCUT2D eigenvalue weighted by atomic mass is 10.3. The number of hydrogen-bond acceptors (Lipinski definition) is 0. The molecule has 2 nitrogen and oxygen atoms in total. The number of aromatic nitrogens is 2. The standard InChI is InChI=1S/C11H19N2/c1-5-7-8-13-9-11(6-2)12(4)10(13)3/h6,9H,2,5,7-8H2,1,3-4H3/q+1. The van der Waals surface area contributed by atoms with Crippen LogP contribution in [0, 0.1) is 6.92 Å². The lowest BCUT2D eigenvalue weighted by molar-refractivity contribution is -0.702. The average Bonchev–Trinajstić information content (AvgIpc) is 2.41. The maximum Gasteiger partial charge on any atom is 0.253 e. The van der Waals surface area contributed by atoms with Gasteiger partial charge in [0.15, 0.2) is 5.69 Å². The van der Waals surface area contributed by atoms with E-state index in [4.69, 9.17) is 0 Å². The van der Waals surface area contributed by atoms with Gasteiger partial charge in [0, 0.05) is 6.92 Å². The predicted molar refractivity (Wildman–Crippen MR) is 55.3 cm³/mol. The Labute approximate surface area is 80.5 Å². The molecule has 0 spiro atoms. The molecule has 0 N–H and O–H groups in total. The molecular weight excluding hydrogens is 160 g/mol. The molecule has 1 heterocycles. The van der Waals surface area contributed by atoms with Crippen molar-refractivity contribution in [2.45, 2.75) is 33.2 Å². The molecule has 13 heavy (non-hydrogen) atoms. The van der Waals surface area contributed by atoms with E-state index in [1.807, 2.05) is 6.08 Å². The summed E-state index contributed by atoms with van der Waals surface area (Å²) in [6.07, 6.45) is 6.55. The minimum atomic E-state index is 1.12. The van der Waals surface area contributed by atoms with Crippen LogP contribution < -0.4 is 4.57 Å². The molecule has 0 aromatic carbocycles. The summed E-state index contributed by atoms with van der Waals surface area (Å²) in [4.78, 5) is 0. The van der Waals surface area contributed by atoms with Gasteiger partial charge >= 0.3 is 0 Å². The highest BCUT2D eigenvalue weighted by Crippen LogP contribution is 2.02. The summed E-state index contributed by atoms with van der Waals surface area (Å²) in [5.74, 6) is 1.29. The summed E-state index contributed by atoms with van der Waals surface area (Å²) in [5, 5.41) is 0. The number of imidazole rings is 1. The Morgan fingerprint density at radius 3 is 2.77 bits per heavy atom. The zero-order valence-electron chi connectivity index (χ0n) is 8.88. The second-order valence-corrected chi connectivity index (χ2v) is 3.41. The van der Waals surface area contributed by atoms with E-state index in [2.05, 4.69) is 42.8 Å². The molecular formula is C11H19N2+. The number of nitrogens with zero attached hydrogens (tertiary/aromatic N) is 2. The van der Waals surface area contributed by atoms with Crippen LogP contribution in [0.4, 0.5) is 0 Å². The highest BCUT2D eigenvalue weighted by molar-refractivity contribution is 5.39. The first-order chi connectivity index (χ1) is 6.20. The molecule has 0 aliphatic rings. The average molecular weight is 179 g/mol. The van der Waals surface area contributed by atoms with Crippen molar-refractivity contribution in [3.8, 4) is 0 Å². The van der Waals surface area contributed by atoms with Gasteiger partial charge in [-0.1, -0.05) is 19.9 Å². The summed E-state index contributed by atoms with van der Waals surface area (Å²) in [5.41, 5.74) is 1.19. The number of hydrogen-bond donors (Lipinski definition) is 0. The molecule has 0 saturated heterocycles. The third-order valence-corrected chi connectivity index (χ3v) is 2.54. The zero-order chi connectivity index (χ0) is 9.84. The van der Waals surface area contributed by atoms with Crippen molar-refractivity contribution in [2.24, 2.45) is 7.05 Å². The first-order valence-corrected chi connectivity index (χ1v) is 4.89. The van der Waals surface area contributed by atoms with Gasteiger partial charge in [-0.2, -0.15) is 0 Å². The number of aryl methyl sites for hydroxylation is 1. The van der Waals surface area contributed by atoms with Crippen molar-refractivity contribution in [3.05, 3.63) is 24.3 Å². The molecule has 2 heteroatoms. The summed E-state index contributed by atoms with van der Waals surface area (Å²) in [7, 11) is 2.08. The Hall–Kier alpha value is -1.05. The van der Waals surface area contributed by atoms with E-state index in [-0.39, 0.29) is 0 Å². The minimum absolute atomic E-state index is 1.12. The fourth-order valence-electron chi connectivity index (χ4n) is 1.46. The molecule has 1 rings (SSSR count). The van der Waals surface area contributed by atoms with Crippen molar-refractivity contribution in [2.75, 3.05) is 0 Å². The van der Waals surface area contributed by atoms with E-state index in [0.29, 0.717) is 0 Å². The molecule has 0 radical (unpaired) electrons. The molecule has 0 amide bonds. The molecule has 0 aliphatic carbocycles. The van der Waals surface area contributed by atoms with Gasteiger partial charge < -0.3 is 0 Å². The summed E-state index contributed by atoms with van der Waals surface area (Å²) in [6.45, 7) is 9.26. The Bertz CT molecular complexity index is 297.